The minimum absolute atomic E-state index is 0.00556. The predicted molar refractivity (Wildman–Crippen MR) is 126 cm³/mol. The van der Waals surface area contributed by atoms with Crippen LogP contribution in [0.2, 0.25) is 0 Å². The quantitative estimate of drug-likeness (QED) is 0.420. The van der Waals surface area contributed by atoms with Crippen LogP contribution in [0.25, 0.3) is 6.08 Å². The van der Waals surface area contributed by atoms with Crippen molar-refractivity contribution in [1.29, 1.82) is 5.26 Å². The second-order valence-corrected chi connectivity index (χ2v) is 7.82. The molecule has 6 nitrogen and oxygen atoms in total. The number of rotatable bonds is 8. The number of nitriles is 1. The van der Waals surface area contributed by atoms with Crippen LogP contribution in [0.4, 0.5) is 0 Å². The number of carbonyl (C=O) groups excluding carboxylic acids is 2. The van der Waals surface area contributed by atoms with Gasteiger partial charge in [0.2, 0.25) is 0 Å². The fourth-order valence-electron chi connectivity index (χ4n) is 3.59. The average Bonchev–Trinajstić information content (AvgIpc) is 2.82. The standard InChI is InChI=1S/C27H28N2O4/c1-5-18(3)29-26(30)22(19(4)23(16-28)27(29)31)14-21-12-13-24(25(15-21)32-6-2)33-17-20-10-8-7-9-11-20/h7-15,18H,5-6,17H2,1-4H3/b22-14+. The van der Waals surface area contributed by atoms with Crippen molar-refractivity contribution < 1.29 is 19.1 Å². The van der Waals surface area contributed by atoms with Gasteiger partial charge in [-0.15, -0.1) is 0 Å². The maximum atomic E-state index is 13.2. The third-order valence-electron chi connectivity index (χ3n) is 5.62. The van der Waals surface area contributed by atoms with Crippen LogP contribution < -0.4 is 9.47 Å². The van der Waals surface area contributed by atoms with Gasteiger partial charge >= 0.3 is 0 Å². The molecule has 33 heavy (non-hydrogen) atoms. The molecule has 0 saturated heterocycles. The van der Waals surface area contributed by atoms with Gasteiger partial charge in [0.15, 0.2) is 11.5 Å². The molecule has 0 radical (unpaired) electrons. The lowest BCUT2D eigenvalue weighted by Crippen LogP contribution is -2.47. The molecular weight excluding hydrogens is 416 g/mol. The van der Waals surface area contributed by atoms with Crippen molar-refractivity contribution in [2.45, 2.75) is 46.8 Å². The summed E-state index contributed by atoms with van der Waals surface area (Å²) < 4.78 is 11.7. The largest absolute Gasteiger partial charge is 0.490 e. The van der Waals surface area contributed by atoms with Gasteiger partial charge in [-0.3, -0.25) is 14.5 Å². The van der Waals surface area contributed by atoms with Crippen LogP contribution >= 0.6 is 0 Å². The summed E-state index contributed by atoms with van der Waals surface area (Å²) in [7, 11) is 0. The van der Waals surface area contributed by atoms with E-state index in [2.05, 4.69) is 0 Å². The summed E-state index contributed by atoms with van der Waals surface area (Å²) in [6, 6.07) is 16.9. The Morgan fingerprint density at radius 3 is 2.39 bits per heavy atom. The zero-order valence-corrected chi connectivity index (χ0v) is 19.4. The van der Waals surface area contributed by atoms with E-state index in [0.717, 1.165) is 5.56 Å². The van der Waals surface area contributed by atoms with Gasteiger partial charge in [-0.2, -0.15) is 5.26 Å². The highest BCUT2D eigenvalue weighted by Gasteiger charge is 2.37. The smallest absolute Gasteiger partial charge is 0.271 e. The summed E-state index contributed by atoms with van der Waals surface area (Å²) in [6.07, 6.45) is 2.30. The molecule has 0 saturated carbocycles. The third kappa shape index (κ3) is 5.15. The van der Waals surface area contributed by atoms with E-state index >= 15 is 0 Å². The molecule has 0 fully saturated rings. The van der Waals surface area contributed by atoms with E-state index in [0.29, 0.717) is 47.8 Å². The van der Waals surface area contributed by atoms with Gasteiger partial charge in [-0.1, -0.05) is 43.3 Å². The predicted octanol–water partition coefficient (Wildman–Crippen LogP) is 5.06. The van der Waals surface area contributed by atoms with Crippen molar-refractivity contribution in [3.8, 4) is 17.6 Å². The van der Waals surface area contributed by atoms with Gasteiger partial charge in [-0.25, -0.2) is 0 Å². The molecule has 0 N–H and O–H groups in total. The van der Waals surface area contributed by atoms with Crippen LogP contribution in [0, 0.1) is 11.3 Å². The first-order chi connectivity index (χ1) is 15.9. The van der Waals surface area contributed by atoms with E-state index in [9.17, 15) is 14.9 Å². The van der Waals surface area contributed by atoms with Gasteiger partial charge in [0.1, 0.15) is 18.2 Å². The fraction of sp³-hybridized carbons (Fsp3) is 0.296. The molecule has 0 aromatic heterocycles. The maximum absolute atomic E-state index is 13.2. The summed E-state index contributed by atoms with van der Waals surface area (Å²) in [5.41, 5.74) is 2.46. The minimum atomic E-state index is -0.536. The zero-order valence-electron chi connectivity index (χ0n) is 19.4. The molecule has 0 bridgehead atoms. The lowest BCUT2D eigenvalue weighted by atomic mass is 9.92. The van der Waals surface area contributed by atoms with Crippen LogP contribution in [0.5, 0.6) is 11.5 Å². The lowest BCUT2D eigenvalue weighted by molar-refractivity contribution is -0.142. The van der Waals surface area contributed by atoms with E-state index < -0.39 is 11.8 Å². The second-order valence-electron chi connectivity index (χ2n) is 7.82. The number of nitrogens with zero attached hydrogens (tertiary/aromatic N) is 2. The summed E-state index contributed by atoms with van der Waals surface area (Å²) in [5, 5.41) is 9.55. The number of hydrogen-bond donors (Lipinski definition) is 0. The Labute approximate surface area is 194 Å². The number of ether oxygens (including phenoxy) is 2. The van der Waals surface area contributed by atoms with Crippen molar-refractivity contribution in [1.82, 2.24) is 4.90 Å². The first-order valence-corrected chi connectivity index (χ1v) is 11.1. The minimum Gasteiger partial charge on any atom is -0.490 e. The van der Waals surface area contributed by atoms with Gasteiger partial charge < -0.3 is 9.47 Å². The second kappa shape index (κ2) is 10.6. The summed E-state index contributed by atoms with van der Waals surface area (Å²) in [4.78, 5) is 27.1. The van der Waals surface area contributed by atoms with Gasteiger partial charge in [0.25, 0.3) is 11.8 Å². The molecule has 0 aliphatic carbocycles. The molecule has 1 heterocycles. The Morgan fingerprint density at radius 2 is 1.76 bits per heavy atom. The summed E-state index contributed by atoms with van der Waals surface area (Å²) >= 11 is 0. The topological polar surface area (TPSA) is 79.6 Å². The molecule has 2 aromatic carbocycles. The van der Waals surface area contributed by atoms with Crippen LogP contribution in [0.3, 0.4) is 0 Å². The number of carbonyl (C=O) groups is 2. The van der Waals surface area contributed by atoms with Gasteiger partial charge in [-0.05, 0) is 62.1 Å². The van der Waals surface area contributed by atoms with E-state index in [-0.39, 0.29) is 11.6 Å². The van der Waals surface area contributed by atoms with Gasteiger partial charge in [0.05, 0.1) is 6.61 Å². The molecular formula is C27H28N2O4. The molecule has 1 unspecified atom stereocenters. The molecule has 3 rings (SSSR count). The Kier molecular flexibility index (Phi) is 7.68. The van der Waals surface area contributed by atoms with Crippen molar-refractivity contribution in [3.63, 3.8) is 0 Å². The highest BCUT2D eigenvalue weighted by Crippen LogP contribution is 2.33. The molecule has 170 valence electrons. The average molecular weight is 445 g/mol. The lowest BCUT2D eigenvalue weighted by Gasteiger charge is -2.31. The summed E-state index contributed by atoms with van der Waals surface area (Å²) in [6.45, 7) is 8.07. The molecule has 6 heteroatoms. The Balaban J connectivity index is 1.97. The number of benzene rings is 2. The van der Waals surface area contributed by atoms with Crippen molar-refractivity contribution in [3.05, 3.63) is 76.4 Å². The normalized spacial score (nSPS) is 16.1. The van der Waals surface area contributed by atoms with Crippen molar-refractivity contribution in [2.24, 2.45) is 0 Å². The van der Waals surface area contributed by atoms with Crippen LogP contribution in [0.1, 0.15) is 45.2 Å². The highest BCUT2D eigenvalue weighted by molar-refractivity contribution is 6.19. The van der Waals surface area contributed by atoms with E-state index in [1.165, 1.54) is 4.90 Å². The molecule has 2 amide bonds. The Morgan fingerprint density at radius 1 is 1.03 bits per heavy atom. The van der Waals surface area contributed by atoms with Crippen LogP contribution in [-0.2, 0) is 16.2 Å². The van der Waals surface area contributed by atoms with E-state index in [1.807, 2.05) is 56.3 Å². The van der Waals surface area contributed by atoms with E-state index in [1.54, 1.807) is 32.1 Å². The monoisotopic (exact) mass is 444 g/mol. The first-order valence-electron chi connectivity index (χ1n) is 11.1. The number of amides is 2. The third-order valence-corrected chi connectivity index (χ3v) is 5.62. The zero-order chi connectivity index (χ0) is 24.0. The fourth-order valence-corrected chi connectivity index (χ4v) is 3.59. The van der Waals surface area contributed by atoms with Crippen LogP contribution in [-0.4, -0.2) is 29.4 Å². The van der Waals surface area contributed by atoms with Crippen molar-refractivity contribution >= 4 is 17.9 Å². The molecule has 0 spiro atoms. The number of imide groups is 1. The molecule has 1 aliphatic heterocycles. The molecule has 2 aromatic rings. The Hall–Kier alpha value is -3.85. The maximum Gasteiger partial charge on any atom is 0.271 e. The van der Waals surface area contributed by atoms with Gasteiger partial charge in [0, 0.05) is 11.6 Å². The Bertz CT molecular complexity index is 1140. The highest BCUT2D eigenvalue weighted by atomic mass is 16.5. The molecule has 1 aliphatic rings. The SMILES string of the molecule is CCOc1cc(/C=C2/C(=O)N(C(C)CC)C(=O)C(C#N)=C2C)ccc1OCc1ccccc1. The molecule has 1 atom stereocenters. The summed E-state index contributed by atoms with van der Waals surface area (Å²) in [5.74, 6) is 0.224. The first kappa shape index (κ1) is 23.8. The van der Waals surface area contributed by atoms with E-state index in [4.69, 9.17) is 9.47 Å². The van der Waals surface area contributed by atoms with Crippen molar-refractivity contribution in [2.75, 3.05) is 6.61 Å². The number of hydrogen-bond acceptors (Lipinski definition) is 5. The van der Waals surface area contributed by atoms with Crippen LogP contribution in [0.15, 0.2) is 65.3 Å².